The van der Waals surface area contributed by atoms with Crippen LogP contribution in [-0.2, 0) is 9.47 Å². The van der Waals surface area contributed by atoms with Gasteiger partial charge in [0.25, 0.3) is 0 Å². The third kappa shape index (κ3) is 5.10. The van der Waals surface area contributed by atoms with E-state index < -0.39 is 13.9 Å². The minimum atomic E-state index is -2.20. The molecule has 0 aromatic rings. The van der Waals surface area contributed by atoms with Crippen LogP contribution in [0.2, 0.25) is 0 Å². The van der Waals surface area contributed by atoms with E-state index in [1.54, 1.807) is 13.8 Å². The van der Waals surface area contributed by atoms with Crippen molar-refractivity contribution in [1.29, 1.82) is 0 Å². The molecule has 0 aliphatic rings. The fourth-order valence-corrected chi connectivity index (χ4v) is 1.18. The van der Waals surface area contributed by atoms with Gasteiger partial charge in [-0.1, -0.05) is 0 Å². The first-order valence-corrected chi connectivity index (χ1v) is 4.77. The molecule has 4 nitrogen and oxygen atoms in total. The molecule has 0 unspecified atom stereocenters. The molecule has 70 valence electrons. The summed E-state index contributed by atoms with van der Waals surface area (Å²) in [5.41, 5.74) is -1.22. The molecule has 0 rings (SSSR count). The second kappa shape index (κ2) is 7.65. The Labute approximate surface area is 96.5 Å². The van der Waals surface area contributed by atoms with Crippen molar-refractivity contribution in [3.63, 3.8) is 0 Å². The topological polar surface area (TPSA) is 58.9 Å². The molecule has 0 saturated heterocycles. The molecule has 0 aromatic carbocycles. The van der Waals surface area contributed by atoms with Crippen molar-refractivity contribution in [3.05, 3.63) is 0 Å². The monoisotopic (exact) mass is 206 g/mol. The zero-order valence-corrected chi connectivity index (χ0v) is 7.97. The van der Waals surface area contributed by atoms with Gasteiger partial charge in [-0.2, -0.15) is 0 Å². The normalized spacial score (nSPS) is 11.5. The van der Waals surface area contributed by atoms with Crippen LogP contribution in [0, 0.1) is 0 Å². The average Bonchev–Trinajstić information content (AvgIpc) is 1.88. The molecule has 0 fully saturated rings. The summed E-state index contributed by atoms with van der Waals surface area (Å²) < 4.78 is 10.1. The molecule has 2 N–H and O–H groups in total. The summed E-state index contributed by atoms with van der Waals surface area (Å²) in [5.74, 6) is 0. The Bertz CT molecular complexity index is 106. The molecule has 0 saturated carbocycles. The van der Waals surface area contributed by atoms with E-state index in [1.165, 1.54) is 6.92 Å². The second-order valence-corrected chi connectivity index (χ2v) is 3.44. The summed E-state index contributed by atoms with van der Waals surface area (Å²) in [6.45, 7) is 5.87. The Hall–Kier alpha value is 1.27. The van der Waals surface area contributed by atoms with E-state index >= 15 is 0 Å². The van der Waals surface area contributed by atoms with Crippen LogP contribution in [-0.4, -0.2) is 58.1 Å². The van der Waals surface area contributed by atoms with Crippen LogP contribution in [0.15, 0.2) is 0 Å². The van der Waals surface area contributed by atoms with E-state index in [0.29, 0.717) is 13.2 Å². The van der Waals surface area contributed by atoms with Gasteiger partial charge in [0.2, 0.25) is 13.9 Å². The van der Waals surface area contributed by atoms with Crippen LogP contribution < -0.4 is 0 Å². The maximum absolute atomic E-state index is 8.90. The Morgan fingerprint density at radius 1 is 1.17 bits per heavy atom. The van der Waals surface area contributed by atoms with Gasteiger partial charge in [-0.3, -0.25) is 0 Å². The van der Waals surface area contributed by atoms with Crippen LogP contribution >= 0.6 is 8.38 Å². The predicted molar refractivity (Wildman–Crippen MR) is 50.2 cm³/mol. The van der Waals surface area contributed by atoms with E-state index in [4.69, 9.17) is 19.3 Å². The summed E-state index contributed by atoms with van der Waals surface area (Å²) in [6, 6.07) is 0. The molecule has 0 aliphatic carbocycles. The minimum absolute atomic E-state index is 0. The van der Waals surface area contributed by atoms with Gasteiger partial charge in [-0.25, -0.2) is 0 Å². The zero-order chi connectivity index (χ0) is 8.91. The summed E-state index contributed by atoms with van der Waals surface area (Å²) in [7, 11) is -2.20. The average molecular weight is 206 g/mol. The van der Waals surface area contributed by atoms with Crippen LogP contribution in [0.5, 0.6) is 0 Å². The molecular formula is C6H16NaO4P. The molecule has 0 atom stereocenters. The van der Waals surface area contributed by atoms with Crippen LogP contribution in [0.4, 0.5) is 0 Å². The number of ether oxygens (including phenoxy) is 2. The first-order valence-electron chi connectivity index (χ1n) is 3.52. The van der Waals surface area contributed by atoms with Crippen molar-refractivity contribution in [2.24, 2.45) is 0 Å². The Morgan fingerprint density at radius 3 is 1.67 bits per heavy atom. The van der Waals surface area contributed by atoms with Crippen LogP contribution in [0.25, 0.3) is 0 Å². The number of hydrogen-bond acceptors (Lipinski definition) is 4. The summed E-state index contributed by atoms with van der Waals surface area (Å²) in [6.07, 6.45) is 0. The molecule has 0 amide bonds. The van der Waals surface area contributed by atoms with Crippen molar-refractivity contribution >= 4 is 37.9 Å². The zero-order valence-electron chi connectivity index (χ0n) is 7.07. The maximum atomic E-state index is 8.90. The van der Waals surface area contributed by atoms with Gasteiger partial charge in [-0.05, 0) is 20.8 Å². The SMILES string of the molecule is CCOC(C)(OCC)P(O)O.[NaH]. The quantitative estimate of drug-likeness (QED) is 0.388. The molecule has 0 heterocycles. The molecule has 0 aromatic heterocycles. The summed E-state index contributed by atoms with van der Waals surface area (Å²) in [4.78, 5) is 17.8. The van der Waals surface area contributed by atoms with Gasteiger partial charge >= 0.3 is 29.6 Å². The third-order valence-corrected chi connectivity index (χ3v) is 2.17. The molecule has 0 bridgehead atoms. The number of rotatable bonds is 5. The van der Waals surface area contributed by atoms with E-state index in [1.807, 2.05) is 0 Å². The molecule has 12 heavy (non-hydrogen) atoms. The molecule has 0 aliphatic heterocycles. The van der Waals surface area contributed by atoms with E-state index in [2.05, 4.69) is 0 Å². The van der Waals surface area contributed by atoms with Crippen molar-refractivity contribution < 1.29 is 19.3 Å². The van der Waals surface area contributed by atoms with Gasteiger partial charge < -0.3 is 19.3 Å². The fraction of sp³-hybridized carbons (Fsp3) is 1.00. The van der Waals surface area contributed by atoms with Gasteiger partial charge in [-0.15, -0.1) is 0 Å². The molecular weight excluding hydrogens is 190 g/mol. The second-order valence-electron chi connectivity index (χ2n) is 2.05. The van der Waals surface area contributed by atoms with Crippen LogP contribution in [0.1, 0.15) is 20.8 Å². The summed E-state index contributed by atoms with van der Waals surface area (Å²) >= 11 is 0. The van der Waals surface area contributed by atoms with Crippen molar-refractivity contribution in [2.45, 2.75) is 26.3 Å². The first-order chi connectivity index (χ1) is 5.06. The summed E-state index contributed by atoms with van der Waals surface area (Å²) in [5, 5.41) is 0. The molecule has 0 radical (unpaired) electrons. The van der Waals surface area contributed by atoms with Crippen molar-refractivity contribution in [2.75, 3.05) is 13.2 Å². The predicted octanol–water partition coefficient (Wildman–Crippen LogP) is 0.381. The van der Waals surface area contributed by atoms with Gasteiger partial charge in [0.15, 0.2) is 0 Å². The Kier molecular flexibility index (Phi) is 10.0. The van der Waals surface area contributed by atoms with Crippen molar-refractivity contribution in [1.82, 2.24) is 0 Å². The Balaban J connectivity index is 0. The standard InChI is InChI=1S/C6H15O4P.Na.H/c1-4-9-6(3,10-5-2)11(7)8;;/h7-8H,4-5H2,1-3H3;;. The fourth-order valence-electron chi connectivity index (χ4n) is 0.693. The Morgan fingerprint density at radius 2 is 1.50 bits per heavy atom. The van der Waals surface area contributed by atoms with E-state index in [0.717, 1.165) is 0 Å². The molecule has 0 spiro atoms. The first kappa shape index (κ1) is 15.7. The van der Waals surface area contributed by atoms with E-state index in [9.17, 15) is 0 Å². The van der Waals surface area contributed by atoms with Crippen molar-refractivity contribution in [3.8, 4) is 0 Å². The van der Waals surface area contributed by atoms with Gasteiger partial charge in [0.1, 0.15) is 0 Å². The number of hydrogen-bond donors (Lipinski definition) is 2. The molecule has 6 heteroatoms. The third-order valence-electron chi connectivity index (χ3n) is 1.19. The van der Waals surface area contributed by atoms with Gasteiger partial charge in [0, 0.05) is 13.2 Å². The van der Waals surface area contributed by atoms with Gasteiger partial charge in [0.05, 0.1) is 0 Å². The van der Waals surface area contributed by atoms with Crippen LogP contribution in [0.3, 0.4) is 0 Å². The van der Waals surface area contributed by atoms with E-state index in [-0.39, 0.29) is 29.6 Å².